The molecule has 0 saturated carbocycles. The van der Waals surface area contributed by atoms with Crippen LogP contribution >= 0.6 is 15.9 Å². The van der Waals surface area contributed by atoms with Crippen molar-refractivity contribution in [2.45, 2.75) is 18.9 Å². The Labute approximate surface area is 122 Å². The van der Waals surface area contributed by atoms with Gasteiger partial charge in [0.05, 0.1) is 6.10 Å². The molecule has 2 rings (SSSR count). The third kappa shape index (κ3) is 3.24. The lowest BCUT2D eigenvalue weighted by Crippen LogP contribution is -2.20. The summed E-state index contributed by atoms with van der Waals surface area (Å²) in [6.45, 7) is 2.42. The van der Waals surface area contributed by atoms with Gasteiger partial charge in [-0.25, -0.2) is 0 Å². The molecule has 19 heavy (non-hydrogen) atoms. The monoisotopic (exact) mass is 319 g/mol. The van der Waals surface area contributed by atoms with Gasteiger partial charge in [0, 0.05) is 16.9 Å². The molecular weight excluding hydrogens is 302 g/mol. The van der Waals surface area contributed by atoms with E-state index < -0.39 is 6.10 Å². The summed E-state index contributed by atoms with van der Waals surface area (Å²) in [5, 5.41) is 10.6. The highest BCUT2D eigenvalue weighted by molar-refractivity contribution is 9.10. The zero-order valence-electron chi connectivity index (χ0n) is 10.9. The summed E-state index contributed by atoms with van der Waals surface area (Å²) in [4.78, 5) is 0. The Bertz CT molecular complexity index is 556. The maximum absolute atomic E-state index is 10.6. The lowest BCUT2D eigenvalue weighted by molar-refractivity contribution is 0.147. The maximum atomic E-state index is 10.6. The second-order valence-electron chi connectivity index (χ2n) is 4.72. The first-order valence-electron chi connectivity index (χ1n) is 6.32. The molecule has 0 aliphatic heterocycles. The molecule has 0 fully saturated rings. The van der Waals surface area contributed by atoms with Gasteiger partial charge in [0.1, 0.15) is 0 Å². The minimum absolute atomic E-state index is 0.114. The first-order valence-corrected chi connectivity index (χ1v) is 7.12. The summed E-state index contributed by atoms with van der Waals surface area (Å²) in [7, 11) is 0. The van der Waals surface area contributed by atoms with Crippen molar-refractivity contribution in [3.63, 3.8) is 0 Å². The molecule has 100 valence electrons. The topological polar surface area (TPSA) is 46.2 Å². The number of hydrogen-bond donors (Lipinski definition) is 2. The second-order valence-corrected chi connectivity index (χ2v) is 5.58. The van der Waals surface area contributed by atoms with Crippen LogP contribution in [0.15, 0.2) is 53.0 Å². The van der Waals surface area contributed by atoms with Gasteiger partial charge in [0.2, 0.25) is 0 Å². The van der Waals surface area contributed by atoms with Crippen molar-refractivity contribution in [3.05, 3.63) is 69.7 Å². The minimum Gasteiger partial charge on any atom is -0.388 e. The van der Waals surface area contributed by atoms with Crippen molar-refractivity contribution in [2.75, 3.05) is 6.54 Å². The second kappa shape index (κ2) is 6.33. The zero-order chi connectivity index (χ0) is 13.8. The molecule has 0 aromatic heterocycles. The summed E-state index contributed by atoms with van der Waals surface area (Å²) in [6.07, 6.45) is -0.594. The van der Waals surface area contributed by atoms with E-state index in [-0.39, 0.29) is 5.92 Å². The van der Waals surface area contributed by atoms with Crippen molar-refractivity contribution < 1.29 is 5.11 Å². The van der Waals surface area contributed by atoms with Gasteiger partial charge in [-0.1, -0.05) is 64.0 Å². The van der Waals surface area contributed by atoms with Crippen LogP contribution in [0.1, 0.15) is 28.7 Å². The molecule has 0 saturated heterocycles. The van der Waals surface area contributed by atoms with Gasteiger partial charge >= 0.3 is 0 Å². The average molecular weight is 320 g/mol. The Kier molecular flexibility index (Phi) is 4.75. The molecule has 0 aliphatic rings. The van der Waals surface area contributed by atoms with Gasteiger partial charge in [-0.2, -0.15) is 0 Å². The fourth-order valence-electron chi connectivity index (χ4n) is 2.29. The van der Waals surface area contributed by atoms with Crippen LogP contribution in [0, 0.1) is 6.92 Å². The fraction of sp³-hybridized carbons (Fsp3) is 0.250. The van der Waals surface area contributed by atoms with Crippen LogP contribution in [0.2, 0.25) is 0 Å². The highest BCUT2D eigenvalue weighted by Crippen LogP contribution is 2.34. The Morgan fingerprint density at radius 3 is 2.53 bits per heavy atom. The molecule has 2 aromatic rings. The summed E-state index contributed by atoms with van der Waals surface area (Å²) in [5.41, 5.74) is 8.96. The van der Waals surface area contributed by atoms with Gasteiger partial charge in [0.15, 0.2) is 0 Å². The molecule has 0 aliphatic carbocycles. The van der Waals surface area contributed by atoms with E-state index in [9.17, 15) is 5.11 Å². The Morgan fingerprint density at radius 2 is 1.89 bits per heavy atom. The summed E-state index contributed by atoms with van der Waals surface area (Å²) in [5.74, 6) is -0.114. The number of rotatable bonds is 4. The lowest BCUT2D eigenvalue weighted by Gasteiger charge is -2.23. The van der Waals surface area contributed by atoms with Crippen LogP contribution in [-0.4, -0.2) is 11.7 Å². The number of nitrogens with two attached hydrogens (primary N) is 1. The van der Waals surface area contributed by atoms with E-state index in [1.54, 1.807) is 0 Å². The quantitative estimate of drug-likeness (QED) is 0.905. The molecule has 3 heteroatoms. The van der Waals surface area contributed by atoms with Crippen molar-refractivity contribution in [1.29, 1.82) is 0 Å². The summed E-state index contributed by atoms with van der Waals surface area (Å²) in [6, 6.07) is 15.8. The molecule has 2 aromatic carbocycles. The Morgan fingerprint density at radius 1 is 1.16 bits per heavy atom. The van der Waals surface area contributed by atoms with Crippen LogP contribution in [0.5, 0.6) is 0 Å². The number of halogens is 1. The van der Waals surface area contributed by atoms with Gasteiger partial charge in [-0.05, 0) is 24.1 Å². The zero-order valence-corrected chi connectivity index (χ0v) is 12.5. The Hall–Kier alpha value is -1.16. The van der Waals surface area contributed by atoms with E-state index in [0.717, 1.165) is 21.2 Å². The molecule has 0 amide bonds. The molecule has 2 unspecified atom stereocenters. The average Bonchev–Trinajstić information content (AvgIpc) is 2.41. The molecule has 0 spiro atoms. The standard InChI is InChI=1S/C16H18BrNO/c1-11-5-4-6-12(9-11)16(19)14(10-18)13-7-2-3-8-15(13)17/h2-9,14,16,19H,10,18H2,1H3. The first-order chi connectivity index (χ1) is 9.13. The highest BCUT2D eigenvalue weighted by atomic mass is 79.9. The Balaban J connectivity index is 2.35. The highest BCUT2D eigenvalue weighted by Gasteiger charge is 2.23. The van der Waals surface area contributed by atoms with E-state index in [1.165, 1.54) is 0 Å². The van der Waals surface area contributed by atoms with Crippen molar-refractivity contribution in [1.82, 2.24) is 0 Å². The SMILES string of the molecule is Cc1cccc(C(O)C(CN)c2ccccc2Br)c1. The van der Waals surface area contributed by atoms with Crippen molar-refractivity contribution >= 4 is 15.9 Å². The van der Waals surface area contributed by atoms with Crippen LogP contribution < -0.4 is 5.73 Å². The van der Waals surface area contributed by atoms with Crippen molar-refractivity contribution in [2.24, 2.45) is 5.73 Å². The number of aliphatic hydroxyl groups excluding tert-OH is 1. The third-order valence-corrected chi connectivity index (χ3v) is 4.05. The largest absolute Gasteiger partial charge is 0.388 e. The van der Waals surface area contributed by atoms with Gasteiger partial charge in [-0.15, -0.1) is 0 Å². The van der Waals surface area contributed by atoms with E-state index in [2.05, 4.69) is 15.9 Å². The minimum atomic E-state index is -0.594. The normalized spacial score (nSPS) is 14.1. The van der Waals surface area contributed by atoms with Crippen molar-refractivity contribution in [3.8, 4) is 0 Å². The maximum Gasteiger partial charge on any atom is 0.0871 e. The molecule has 0 heterocycles. The number of hydrogen-bond acceptors (Lipinski definition) is 2. The van der Waals surface area contributed by atoms with E-state index in [1.807, 2.05) is 55.5 Å². The van der Waals surface area contributed by atoms with E-state index in [4.69, 9.17) is 5.73 Å². The smallest absolute Gasteiger partial charge is 0.0871 e. The van der Waals surface area contributed by atoms with Crippen LogP contribution in [0.25, 0.3) is 0 Å². The fourth-order valence-corrected chi connectivity index (χ4v) is 2.87. The predicted octanol–water partition coefficient (Wildman–Crippen LogP) is 3.53. The van der Waals surface area contributed by atoms with Gasteiger partial charge < -0.3 is 10.8 Å². The molecule has 2 nitrogen and oxygen atoms in total. The molecule has 2 atom stereocenters. The summed E-state index contributed by atoms with van der Waals surface area (Å²) >= 11 is 3.53. The van der Waals surface area contributed by atoms with Crippen LogP contribution in [-0.2, 0) is 0 Å². The molecule has 3 N–H and O–H groups in total. The first kappa shape index (κ1) is 14.3. The van der Waals surface area contributed by atoms with E-state index in [0.29, 0.717) is 6.54 Å². The van der Waals surface area contributed by atoms with Crippen LogP contribution in [0.4, 0.5) is 0 Å². The molecule has 0 bridgehead atoms. The van der Waals surface area contributed by atoms with E-state index >= 15 is 0 Å². The predicted molar refractivity (Wildman–Crippen MR) is 82.1 cm³/mol. The molecule has 0 radical (unpaired) electrons. The number of benzene rings is 2. The summed E-state index contributed by atoms with van der Waals surface area (Å²) < 4.78 is 0.983. The van der Waals surface area contributed by atoms with Gasteiger partial charge in [-0.3, -0.25) is 0 Å². The number of aryl methyl sites for hydroxylation is 1. The van der Waals surface area contributed by atoms with Gasteiger partial charge in [0.25, 0.3) is 0 Å². The van der Waals surface area contributed by atoms with Crippen LogP contribution in [0.3, 0.4) is 0 Å². The number of aliphatic hydroxyl groups is 1. The molecular formula is C16H18BrNO. The third-order valence-electron chi connectivity index (χ3n) is 3.32. The lowest BCUT2D eigenvalue weighted by atomic mass is 9.89.